The highest BCUT2D eigenvalue weighted by molar-refractivity contribution is 5.88. The van der Waals surface area contributed by atoms with Gasteiger partial charge in [-0.15, -0.1) is 0 Å². The molecule has 0 atom stereocenters. The predicted molar refractivity (Wildman–Crippen MR) is 113 cm³/mol. The molecule has 0 saturated carbocycles. The van der Waals surface area contributed by atoms with Gasteiger partial charge in [-0.25, -0.2) is 4.79 Å². The van der Waals surface area contributed by atoms with Gasteiger partial charge in [-0.3, -0.25) is 9.48 Å². The molecule has 4 aromatic rings. The number of fused-ring (bicyclic) bond motifs is 1. The summed E-state index contributed by atoms with van der Waals surface area (Å²) in [6.45, 7) is 2.80. The standard InChI is InChI=1S/C23H20N2O6/c1-2-29-23(28)16-12-24-25(13-16)9-10-30-18-7-8-19-21(11-18)31-14-20(22(19)27)15-3-5-17(26)6-4-15/h3-8,11-14,26H,2,9-10H2,1H3. The molecule has 0 aliphatic rings. The number of hydrogen-bond acceptors (Lipinski definition) is 7. The Balaban J connectivity index is 1.45. The molecule has 31 heavy (non-hydrogen) atoms. The minimum atomic E-state index is -0.411. The molecule has 4 rings (SSSR count). The maximum atomic E-state index is 12.8. The third-order valence-corrected chi connectivity index (χ3v) is 4.66. The van der Waals surface area contributed by atoms with Crippen LogP contribution in [0.2, 0.25) is 0 Å². The van der Waals surface area contributed by atoms with Gasteiger partial charge in [0.1, 0.15) is 30.0 Å². The first kappa shape index (κ1) is 20.2. The van der Waals surface area contributed by atoms with E-state index >= 15 is 0 Å². The molecular formula is C23H20N2O6. The van der Waals surface area contributed by atoms with Crippen molar-refractivity contribution in [2.24, 2.45) is 0 Å². The Morgan fingerprint density at radius 2 is 2.00 bits per heavy atom. The number of phenolic OH excluding ortho intramolecular Hbond substituents is 1. The van der Waals surface area contributed by atoms with Crippen LogP contribution in [0, 0.1) is 0 Å². The molecule has 0 spiro atoms. The number of carbonyl (C=O) groups is 1. The van der Waals surface area contributed by atoms with Crippen LogP contribution in [0.5, 0.6) is 11.5 Å². The average molecular weight is 420 g/mol. The zero-order valence-electron chi connectivity index (χ0n) is 16.8. The van der Waals surface area contributed by atoms with Crippen molar-refractivity contribution >= 4 is 16.9 Å². The van der Waals surface area contributed by atoms with Gasteiger partial charge in [0, 0.05) is 12.3 Å². The number of nitrogens with zero attached hydrogens (tertiary/aromatic N) is 2. The number of ether oxygens (including phenoxy) is 2. The fourth-order valence-electron chi connectivity index (χ4n) is 3.10. The summed E-state index contributed by atoms with van der Waals surface area (Å²) in [7, 11) is 0. The van der Waals surface area contributed by atoms with Crippen LogP contribution in [-0.4, -0.2) is 34.1 Å². The van der Waals surface area contributed by atoms with Crippen molar-refractivity contribution in [3.63, 3.8) is 0 Å². The van der Waals surface area contributed by atoms with Crippen LogP contribution in [0.3, 0.4) is 0 Å². The van der Waals surface area contributed by atoms with E-state index in [1.54, 1.807) is 48.1 Å². The van der Waals surface area contributed by atoms with Crippen LogP contribution in [0.4, 0.5) is 0 Å². The lowest BCUT2D eigenvalue weighted by molar-refractivity contribution is 0.0526. The van der Waals surface area contributed by atoms with Crippen LogP contribution < -0.4 is 10.2 Å². The molecule has 0 fully saturated rings. The number of aromatic nitrogens is 2. The van der Waals surface area contributed by atoms with Gasteiger partial charge in [-0.05, 0) is 36.8 Å². The van der Waals surface area contributed by atoms with Gasteiger partial charge < -0.3 is 19.0 Å². The highest BCUT2D eigenvalue weighted by Gasteiger charge is 2.11. The van der Waals surface area contributed by atoms with Crippen LogP contribution in [0.25, 0.3) is 22.1 Å². The average Bonchev–Trinajstić information content (AvgIpc) is 3.24. The van der Waals surface area contributed by atoms with Crippen molar-refractivity contribution in [3.8, 4) is 22.6 Å². The van der Waals surface area contributed by atoms with E-state index in [4.69, 9.17) is 13.9 Å². The molecule has 0 unspecified atom stereocenters. The molecule has 158 valence electrons. The Hall–Kier alpha value is -4.07. The van der Waals surface area contributed by atoms with E-state index in [9.17, 15) is 14.7 Å². The van der Waals surface area contributed by atoms with E-state index in [-0.39, 0.29) is 11.2 Å². The Morgan fingerprint density at radius 3 is 2.77 bits per heavy atom. The van der Waals surface area contributed by atoms with Gasteiger partial charge in [0.25, 0.3) is 0 Å². The smallest absolute Gasteiger partial charge is 0.341 e. The van der Waals surface area contributed by atoms with Gasteiger partial charge in [0.2, 0.25) is 0 Å². The first-order chi connectivity index (χ1) is 15.0. The summed E-state index contributed by atoms with van der Waals surface area (Å²) in [6.07, 6.45) is 4.46. The Morgan fingerprint density at radius 1 is 1.19 bits per heavy atom. The molecule has 8 heteroatoms. The third-order valence-electron chi connectivity index (χ3n) is 4.66. The molecule has 8 nitrogen and oxygen atoms in total. The lowest BCUT2D eigenvalue weighted by atomic mass is 10.1. The number of aromatic hydroxyl groups is 1. The summed E-state index contributed by atoms with van der Waals surface area (Å²) in [5, 5.41) is 14.0. The van der Waals surface area contributed by atoms with Gasteiger partial charge in [-0.2, -0.15) is 5.10 Å². The van der Waals surface area contributed by atoms with E-state index in [0.717, 1.165) is 0 Å². The summed E-state index contributed by atoms with van der Waals surface area (Å²) >= 11 is 0. The lowest BCUT2D eigenvalue weighted by Crippen LogP contribution is -2.09. The first-order valence-corrected chi connectivity index (χ1v) is 9.72. The molecule has 0 aliphatic heterocycles. The summed E-state index contributed by atoms with van der Waals surface area (Å²) in [6, 6.07) is 11.4. The molecule has 0 bridgehead atoms. The minimum absolute atomic E-state index is 0.128. The summed E-state index contributed by atoms with van der Waals surface area (Å²) in [5.41, 5.74) is 1.71. The fourth-order valence-corrected chi connectivity index (χ4v) is 3.10. The summed E-state index contributed by atoms with van der Waals surface area (Å²) in [4.78, 5) is 24.5. The van der Waals surface area contributed by atoms with E-state index in [1.165, 1.54) is 24.6 Å². The van der Waals surface area contributed by atoms with E-state index < -0.39 is 5.97 Å². The molecule has 0 amide bonds. The number of carbonyl (C=O) groups excluding carboxylic acids is 1. The minimum Gasteiger partial charge on any atom is -0.508 e. The fraction of sp³-hybridized carbons (Fsp3) is 0.174. The van der Waals surface area contributed by atoms with Crippen LogP contribution in [0.1, 0.15) is 17.3 Å². The molecule has 2 heterocycles. The molecule has 1 N–H and O–H groups in total. The normalized spacial score (nSPS) is 10.9. The van der Waals surface area contributed by atoms with Crippen molar-refractivity contribution in [2.75, 3.05) is 13.2 Å². The monoisotopic (exact) mass is 420 g/mol. The van der Waals surface area contributed by atoms with Crippen molar-refractivity contribution in [1.82, 2.24) is 9.78 Å². The van der Waals surface area contributed by atoms with Crippen LogP contribution in [-0.2, 0) is 11.3 Å². The summed E-state index contributed by atoms with van der Waals surface area (Å²) in [5.74, 6) is 0.264. The third kappa shape index (κ3) is 4.42. The quantitative estimate of drug-likeness (QED) is 0.456. The van der Waals surface area contributed by atoms with Gasteiger partial charge in [0.15, 0.2) is 5.43 Å². The van der Waals surface area contributed by atoms with Crippen LogP contribution >= 0.6 is 0 Å². The summed E-state index contributed by atoms with van der Waals surface area (Å²) < 4.78 is 17.9. The highest BCUT2D eigenvalue weighted by atomic mass is 16.5. The zero-order chi connectivity index (χ0) is 21.8. The second kappa shape index (κ2) is 8.74. The van der Waals surface area contributed by atoms with Crippen LogP contribution in [0.15, 0.2) is 70.3 Å². The number of esters is 1. The Kier molecular flexibility index (Phi) is 5.70. The number of rotatable bonds is 7. The molecule has 0 saturated heterocycles. The van der Waals surface area contributed by atoms with Gasteiger partial charge >= 0.3 is 5.97 Å². The number of hydrogen-bond donors (Lipinski definition) is 1. The largest absolute Gasteiger partial charge is 0.508 e. The van der Waals surface area contributed by atoms with Crippen molar-refractivity contribution in [1.29, 1.82) is 0 Å². The second-order valence-electron chi connectivity index (χ2n) is 6.74. The highest BCUT2D eigenvalue weighted by Crippen LogP contribution is 2.24. The first-order valence-electron chi connectivity index (χ1n) is 9.72. The molecule has 2 aromatic heterocycles. The van der Waals surface area contributed by atoms with Crippen molar-refractivity contribution in [3.05, 3.63) is 76.9 Å². The Labute approximate surface area is 177 Å². The van der Waals surface area contributed by atoms with E-state index in [1.807, 2.05) is 0 Å². The Bertz CT molecular complexity index is 1270. The van der Waals surface area contributed by atoms with Crippen molar-refractivity contribution in [2.45, 2.75) is 13.5 Å². The molecule has 2 aromatic carbocycles. The number of benzene rings is 2. The van der Waals surface area contributed by atoms with Gasteiger partial charge in [0.05, 0.1) is 35.9 Å². The lowest BCUT2D eigenvalue weighted by Gasteiger charge is -2.08. The van der Waals surface area contributed by atoms with E-state index in [2.05, 4.69) is 5.10 Å². The van der Waals surface area contributed by atoms with Gasteiger partial charge in [-0.1, -0.05) is 12.1 Å². The SMILES string of the molecule is CCOC(=O)c1cnn(CCOc2ccc3c(=O)c(-c4ccc(O)cc4)coc3c2)c1. The van der Waals surface area contributed by atoms with Crippen molar-refractivity contribution < 1.29 is 23.8 Å². The second-order valence-corrected chi connectivity index (χ2v) is 6.74. The maximum absolute atomic E-state index is 12.8. The zero-order valence-corrected chi connectivity index (χ0v) is 16.8. The van der Waals surface area contributed by atoms with E-state index in [0.29, 0.717) is 53.2 Å². The molecule has 0 aliphatic carbocycles. The number of phenols is 1. The maximum Gasteiger partial charge on any atom is 0.341 e. The molecule has 0 radical (unpaired) electrons. The predicted octanol–water partition coefficient (Wildman–Crippen LogP) is 3.62. The topological polar surface area (TPSA) is 104 Å². The molecular weight excluding hydrogens is 400 g/mol.